The van der Waals surface area contributed by atoms with Crippen LogP contribution in [0.4, 0.5) is 0 Å². The van der Waals surface area contributed by atoms with Gasteiger partial charge in [-0.3, -0.25) is 9.59 Å². The molecule has 0 atom stereocenters. The summed E-state index contributed by atoms with van der Waals surface area (Å²) in [6, 6.07) is 0. The molecule has 0 spiro atoms. The van der Waals surface area contributed by atoms with Gasteiger partial charge in [-0.2, -0.15) is 0 Å². The van der Waals surface area contributed by atoms with Crippen molar-refractivity contribution in [2.45, 2.75) is 39.0 Å². The maximum Gasteiger partial charge on any atom is 0.303 e. The third-order valence-corrected chi connectivity index (χ3v) is 2.48. The summed E-state index contributed by atoms with van der Waals surface area (Å²) in [6.07, 6.45) is 5.45. The molecule has 0 aromatic heterocycles. The van der Waals surface area contributed by atoms with Gasteiger partial charge >= 0.3 is 5.97 Å². The number of carbonyl (C=O) groups excluding carboxylic acids is 2. The molecule has 13 heavy (non-hydrogen) atoms. The van der Waals surface area contributed by atoms with Crippen LogP contribution in [0.3, 0.4) is 0 Å². The molecule has 0 saturated heterocycles. The molecule has 1 rings (SSSR count). The van der Waals surface area contributed by atoms with Crippen LogP contribution in [0.25, 0.3) is 0 Å². The van der Waals surface area contributed by atoms with Gasteiger partial charge in [0.1, 0.15) is 6.61 Å². The molecular weight excluding hydrogens is 168 g/mol. The van der Waals surface area contributed by atoms with Gasteiger partial charge in [-0.1, -0.05) is 19.3 Å². The fourth-order valence-electron chi connectivity index (χ4n) is 1.72. The topological polar surface area (TPSA) is 43.4 Å². The van der Waals surface area contributed by atoms with E-state index in [1.165, 1.54) is 13.3 Å². The van der Waals surface area contributed by atoms with Crippen LogP contribution in [0, 0.1) is 5.92 Å². The number of carbonyl (C=O) groups is 2. The molecule has 3 heteroatoms. The van der Waals surface area contributed by atoms with Crippen molar-refractivity contribution in [2.24, 2.45) is 5.92 Å². The van der Waals surface area contributed by atoms with E-state index >= 15 is 0 Å². The second-order valence-electron chi connectivity index (χ2n) is 3.58. The number of esters is 1. The summed E-state index contributed by atoms with van der Waals surface area (Å²) in [6.45, 7) is 1.30. The molecule has 1 aliphatic carbocycles. The Balaban J connectivity index is 2.25. The Morgan fingerprint density at radius 2 is 1.85 bits per heavy atom. The van der Waals surface area contributed by atoms with Crippen LogP contribution in [-0.4, -0.2) is 18.4 Å². The fraction of sp³-hybridized carbons (Fsp3) is 0.800. The molecule has 0 N–H and O–H groups in total. The SMILES string of the molecule is CC(=O)OCC(=O)C1CCCCC1. The van der Waals surface area contributed by atoms with E-state index in [1.54, 1.807) is 0 Å². The molecule has 0 amide bonds. The lowest BCUT2D eigenvalue weighted by Crippen LogP contribution is -2.23. The Hall–Kier alpha value is -0.860. The van der Waals surface area contributed by atoms with Crippen LogP contribution in [0.2, 0.25) is 0 Å². The maximum atomic E-state index is 11.4. The van der Waals surface area contributed by atoms with Gasteiger partial charge in [0.05, 0.1) is 0 Å². The van der Waals surface area contributed by atoms with Gasteiger partial charge in [-0.25, -0.2) is 0 Å². The van der Waals surface area contributed by atoms with Gasteiger partial charge in [-0.05, 0) is 12.8 Å². The first kappa shape index (κ1) is 10.2. The number of rotatable bonds is 3. The van der Waals surface area contributed by atoms with Crippen molar-refractivity contribution in [3.8, 4) is 0 Å². The molecule has 0 heterocycles. The molecule has 0 radical (unpaired) electrons. The zero-order valence-corrected chi connectivity index (χ0v) is 8.04. The number of hydrogen-bond donors (Lipinski definition) is 0. The van der Waals surface area contributed by atoms with Crippen LogP contribution >= 0.6 is 0 Å². The number of ether oxygens (including phenoxy) is 1. The Morgan fingerprint density at radius 1 is 1.23 bits per heavy atom. The smallest absolute Gasteiger partial charge is 0.303 e. The second kappa shape index (κ2) is 5.00. The molecule has 1 aliphatic rings. The van der Waals surface area contributed by atoms with Crippen molar-refractivity contribution in [3.63, 3.8) is 0 Å². The first-order valence-corrected chi connectivity index (χ1v) is 4.86. The van der Waals surface area contributed by atoms with E-state index in [0.29, 0.717) is 0 Å². The van der Waals surface area contributed by atoms with E-state index in [2.05, 4.69) is 4.74 Å². The average molecular weight is 184 g/mol. The van der Waals surface area contributed by atoms with E-state index < -0.39 is 0 Å². The van der Waals surface area contributed by atoms with Gasteiger partial charge < -0.3 is 4.74 Å². The molecular formula is C10H16O3. The van der Waals surface area contributed by atoms with Crippen molar-refractivity contribution >= 4 is 11.8 Å². The summed E-state index contributed by atoms with van der Waals surface area (Å²) in [5.41, 5.74) is 0. The standard InChI is InChI=1S/C10H16O3/c1-8(11)13-7-10(12)9-5-3-2-4-6-9/h9H,2-7H2,1H3. The summed E-state index contributed by atoms with van der Waals surface area (Å²) in [7, 11) is 0. The Morgan fingerprint density at radius 3 is 2.38 bits per heavy atom. The lowest BCUT2D eigenvalue weighted by Gasteiger charge is -2.19. The highest BCUT2D eigenvalue weighted by atomic mass is 16.5. The Labute approximate surface area is 78.5 Å². The molecule has 0 aromatic carbocycles. The van der Waals surface area contributed by atoms with Crippen molar-refractivity contribution < 1.29 is 14.3 Å². The van der Waals surface area contributed by atoms with E-state index in [-0.39, 0.29) is 24.3 Å². The van der Waals surface area contributed by atoms with Crippen LogP contribution in [0.5, 0.6) is 0 Å². The van der Waals surface area contributed by atoms with Gasteiger partial charge in [-0.15, -0.1) is 0 Å². The third-order valence-electron chi connectivity index (χ3n) is 2.48. The summed E-state index contributed by atoms with van der Waals surface area (Å²) in [5.74, 6) is -0.132. The van der Waals surface area contributed by atoms with Gasteiger partial charge in [0.2, 0.25) is 0 Å². The van der Waals surface area contributed by atoms with Crippen molar-refractivity contribution in [1.82, 2.24) is 0 Å². The highest BCUT2D eigenvalue weighted by Crippen LogP contribution is 2.24. The quantitative estimate of drug-likeness (QED) is 0.627. The van der Waals surface area contributed by atoms with Crippen molar-refractivity contribution in [2.75, 3.05) is 6.61 Å². The lowest BCUT2D eigenvalue weighted by molar-refractivity contribution is -0.147. The predicted octanol–water partition coefficient (Wildman–Crippen LogP) is 1.70. The zero-order valence-electron chi connectivity index (χ0n) is 8.04. The van der Waals surface area contributed by atoms with Gasteiger partial charge in [0.15, 0.2) is 5.78 Å². The molecule has 0 aromatic rings. The monoisotopic (exact) mass is 184 g/mol. The number of hydrogen-bond acceptors (Lipinski definition) is 3. The molecule has 1 fully saturated rings. The first-order chi connectivity index (χ1) is 6.20. The molecule has 1 saturated carbocycles. The van der Waals surface area contributed by atoms with Gasteiger partial charge in [0.25, 0.3) is 0 Å². The minimum Gasteiger partial charge on any atom is -0.458 e. The summed E-state index contributed by atoms with van der Waals surface area (Å²) in [5, 5.41) is 0. The summed E-state index contributed by atoms with van der Waals surface area (Å²) < 4.78 is 4.67. The molecule has 0 aliphatic heterocycles. The molecule has 3 nitrogen and oxygen atoms in total. The van der Waals surface area contributed by atoms with Crippen molar-refractivity contribution in [1.29, 1.82) is 0 Å². The highest BCUT2D eigenvalue weighted by molar-refractivity contribution is 5.84. The zero-order chi connectivity index (χ0) is 9.68. The normalized spacial score (nSPS) is 18.2. The van der Waals surface area contributed by atoms with E-state index in [1.807, 2.05) is 0 Å². The molecule has 0 unspecified atom stereocenters. The number of Topliss-reactive ketones (excluding diaryl/α,β-unsaturated/α-hetero) is 1. The number of ketones is 1. The lowest BCUT2D eigenvalue weighted by atomic mass is 9.86. The van der Waals surface area contributed by atoms with Crippen LogP contribution in [0.15, 0.2) is 0 Å². The third kappa shape index (κ3) is 3.57. The van der Waals surface area contributed by atoms with E-state index in [0.717, 1.165) is 25.7 Å². The predicted molar refractivity (Wildman–Crippen MR) is 48.2 cm³/mol. The Kier molecular flexibility index (Phi) is 3.93. The first-order valence-electron chi connectivity index (χ1n) is 4.86. The average Bonchev–Trinajstić information content (AvgIpc) is 2.15. The van der Waals surface area contributed by atoms with Crippen LogP contribution in [-0.2, 0) is 14.3 Å². The van der Waals surface area contributed by atoms with Crippen LogP contribution in [0.1, 0.15) is 39.0 Å². The molecule has 0 bridgehead atoms. The van der Waals surface area contributed by atoms with E-state index in [4.69, 9.17) is 0 Å². The summed E-state index contributed by atoms with van der Waals surface area (Å²) in [4.78, 5) is 21.9. The maximum absolute atomic E-state index is 11.4. The van der Waals surface area contributed by atoms with E-state index in [9.17, 15) is 9.59 Å². The largest absolute Gasteiger partial charge is 0.458 e. The summed E-state index contributed by atoms with van der Waals surface area (Å²) >= 11 is 0. The minimum atomic E-state index is -0.371. The van der Waals surface area contributed by atoms with Gasteiger partial charge in [0, 0.05) is 12.8 Å². The highest BCUT2D eigenvalue weighted by Gasteiger charge is 2.21. The minimum absolute atomic E-state index is 0.0278. The molecule has 74 valence electrons. The van der Waals surface area contributed by atoms with Crippen molar-refractivity contribution in [3.05, 3.63) is 0 Å². The second-order valence-corrected chi connectivity index (χ2v) is 3.58. The Bertz CT molecular complexity index is 192. The van der Waals surface area contributed by atoms with Crippen LogP contribution < -0.4 is 0 Å². The fourth-order valence-corrected chi connectivity index (χ4v) is 1.72.